The first kappa shape index (κ1) is 14.9. The summed E-state index contributed by atoms with van der Waals surface area (Å²) in [6, 6.07) is 6.78. The van der Waals surface area contributed by atoms with E-state index in [1.165, 1.54) is 4.90 Å². The van der Waals surface area contributed by atoms with Crippen LogP contribution in [0.15, 0.2) is 28.8 Å². The van der Waals surface area contributed by atoms with E-state index in [1.807, 2.05) is 24.3 Å². The first-order chi connectivity index (χ1) is 11.6. The molecule has 124 valence electrons. The second-order valence-electron chi connectivity index (χ2n) is 6.40. The third-order valence-corrected chi connectivity index (χ3v) is 4.95. The van der Waals surface area contributed by atoms with Crippen molar-refractivity contribution < 1.29 is 19.2 Å². The number of carboxylic acids is 1. The topological polar surface area (TPSA) is 83.6 Å². The normalized spacial score (nSPS) is 19.5. The molecule has 1 N–H and O–H groups in total. The van der Waals surface area contributed by atoms with Crippen molar-refractivity contribution >= 4 is 11.9 Å². The summed E-state index contributed by atoms with van der Waals surface area (Å²) in [5.41, 5.74) is 3.11. The highest BCUT2D eigenvalue weighted by atomic mass is 16.5. The lowest BCUT2D eigenvalue weighted by Gasteiger charge is -2.34. The summed E-state index contributed by atoms with van der Waals surface area (Å²) in [4.78, 5) is 26.1. The molecule has 0 fully saturated rings. The summed E-state index contributed by atoms with van der Waals surface area (Å²) >= 11 is 0. The number of carbonyl (C=O) groups excluding carboxylic acids is 1. The molecular formula is C18H18N2O4. The average molecular weight is 326 g/mol. The van der Waals surface area contributed by atoms with Gasteiger partial charge in [-0.05, 0) is 30.4 Å². The minimum absolute atomic E-state index is 0.285. The van der Waals surface area contributed by atoms with Gasteiger partial charge in [0.05, 0.1) is 0 Å². The predicted octanol–water partition coefficient (Wildman–Crippen LogP) is 2.21. The number of aryl methyl sites for hydroxylation is 1. The number of aromatic nitrogens is 1. The van der Waals surface area contributed by atoms with Crippen molar-refractivity contribution in [1.82, 2.24) is 10.1 Å². The molecule has 24 heavy (non-hydrogen) atoms. The Morgan fingerprint density at radius 1 is 1.17 bits per heavy atom. The Bertz CT molecular complexity index is 811. The average Bonchev–Trinajstić information content (AvgIpc) is 3.04. The standard InChI is InChI=1S/C18H18N2O4/c21-17(16-13-7-3-4-8-15(13)24-19-16)20-10-12-6-2-1-5-11(12)9-14(20)18(22)23/h1-2,5-6,14H,3-4,7-10H2,(H,22,23)/t14-/m1/s1. The Morgan fingerprint density at radius 2 is 1.92 bits per heavy atom. The quantitative estimate of drug-likeness (QED) is 0.915. The molecule has 0 spiro atoms. The fourth-order valence-electron chi connectivity index (χ4n) is 3.65. The molecule has 1 aliphatic heterocycles. The summed E-state index contributed by atoms with van der Waals surface area (Å²) in [6.45, 7) is 0.285. The van der Waals surface area contributed by atoms with E-state index in [4.69, 9.17) is 4.52 Å². The van der Waals surface area contributed by atoms with Gasteiger partial charge in [0, 0.05) is 24.9 Å². The molecule has 0 saturated heterocycles. The van der Waals surface area contributed by atoms with Crippen LogP contribution in [0.25, 0.3) is 0 Å². The molecule has 1 aromatic carbocycles. The van der Waals surface area contributed by atoms with Crippen molar-refractivity contribution in [2.45, 2.75) is 44.7 Å². The molecule has 0 bridgehead atoms. The Labute approximate surface area is 139 Å². The van der Waals surface area contributed by atoms with Crippen molar-refractivity contribution in [1.29, 1.82) is 0 Å². The van der Waals surface area contributed by atoms with Crippen molar-refractivity contribution in [3.05, 3.63) is 52.4 Å². The van der Waals surface area contributed by atoms with Gasteiger partial charge in [0.15, 0.2) is 5.69 Å². The van der Waals surface area contributed by atoms with E-state index in [1.54, 1.807) is 0 Å². The molecule has 1 atom stereocenters. The first-order valence-electron chi connectivity index (χ1n) is 8.23. The summed E-state index contributed by atoms with van der Waals surface area (Å²) in [7, 11) is 0. The van der Waals surface area contributed by atoms with Gasteiger partial charge in [0.25, 0.3) is 5.91 Å². The highest BCUT2D eigenvalue weighted by molar-refractivity contribution is 5.96. The summed E-state index contributed by atoms with van der Waals surface area (Å²) in [5, 5.41) is 13.5. The number of rotatable bonds is 2. The second-order valence-corrected chi connectivity index (χ2v) is 6.40. The van der Waals surface area contributed by atoms with E-state index in [0.29, 0.717) is 6.42 Å². The van der Waals surface area contributed by atoms with E-state index in [0.717, 1.165) is 48.1 Å². The largest absolute Gasteiger partial charge is 0.480 e. The molecule has 0 unspecified atom stereocenters. The Kier molecular flexibility index (Phi) is 3.59. The number of hydrogen-bond donors (Lipinski definition) is 1. The SMILES string of the molecule is O=C(O)[C@H]1Cc2ccccc2CN1C(=O)c1noc2c1CCCC2. The van der Waals surface area contributed by atoms with Gasteiger partial charge in [-0.15, -0.1) is 0 Å². The lowest BCUT2D eigenvalue weighted by atomic mass is 9.92. The smallest absolute Gasteiger partial charge is 0.326 e. The number of fused-ring (bicyclic) bond motifs is 2. The number of aliphatic carboxylic acids is 1. The summed E-state index contributed by atoms with van der Waals surface area (Å²) in [5.74, 6) is -0.562. The highest BCUT2D eigenvalue weighted by Crippen LogP contribution is 2.29. The third-order valence-electron chi connectivity index (χ3n) is 4.95. The van der Waals surface area contributed by atoms with Gasteiger partial charge in [-0.3, -0.25) is 4.79 Å². The molecule has 2 aliphatic rings. The van der Waals surface area contributed by atoms with Crippen LogP contribution in [0.5, 0.6) is 0 Å². The van der Waals surface area contributed by atoms with E-state index in [-0.39, 0.29) is 18.1 Å². The monoisotopic (exact) mass is 326 g/mol. The van der Waals surface area contributed by atoms with Crippen LogP contribution in [0.4, 0.5) is 0 Å². The van der Waals surface area contributed by atoms with Crippen LogP contribution in [-0.4, -0.2) is 33.1 Å². The van der Waals surface area contributed by atoms with Crippen LogP contribution in [0, 0.1) is 0 Å². The van der Waals surface area contributed by atoms with Crippen LogP contribution in [0.3, 0.4) is 0 Å². The molecule has 6 nitrogen and oxygen atoms in total. The minimum atomic E-state index is -0.991. The van der Waals surface area contributed by atoms with E-state index < -0.39 is 12.0 Å². The fraction of sp³-hybridized carbons (Fsp3) is 0.389. The van der Waals surface area contributed by atoms with Crippen LogP contribution in [0.2, 0.25) is 0 Å². The fourth-order valence-corrected chi connectivity index (χ4v) is 3.65. The predicted molar refractivity (Wildman–Crippen MR) is 84.6 cm³/mol. The van der Waals surface area contributed by atoms with Crippen LogP contribution < -0.4 is 0 Å². The molecular weight excluding hydrogens is 308 g/mol. The van der Waals surface area contributed by atoms with Gasteiger partial charge in [-0.1, -0.05) is 29.4 Å². The number of carboxylic acid groups (broad SMARTS) is 1. The number of nitrogens with zero attached hydrogens (tertiary/aromatic N) is 2. The molecule has 2 aromatic rings. The van der Waals surface area contributed by atoms with Gasteiger partial charge >= 0.3 is 5.97 Å². The molecule has 1 amide bonds. The molecule has 6 heteroatoms. The van der Waals surface area contributed by atoms with Gasteiger partial charge in [-0.25, -0.2) is 4.79 Å². The molecule has 2 heterocycles. The molecule has 1 aliphatic carbocycles. The Morgan fingerprint density at radius 3 is 2.71 bits per heavy atom. The molecule has 0 saturated carbocycles. The second kappa shape index (κ2) is 5.78. The third kappa shape index (κ3) is 2.38. The van der Waals surface area contributed by atoms with Crippen molar-refractivity contribution in [2.24, 2.45) is 0 Å². The minimum Gasteiger partial charge on any atom is -0.480 e. The Balaban J connectivity index is 1.70. The maximum absolute atomic E-state index is 13.0. The van der Waals surface area contributed by atoms with Crippen LogP contribution >= 0.6 is 0 Å². The summed E-state index contributed by atoms with van der Waals surface area (Å²) < 4.78 is 5.32. The van der Waals surface area contributed by atoms with Crippen LogP contribution in [0.1, 0.15) is 45.8 Å². The zero-order valence-electron chi connectivity index (χ0n) is 13.2. The number of benzene rings is 1. The van der Waals surface area contributed by atoms with Crippen LogP contribution in [-0.2, 0) is 30.6 Å². The maximum Gasteiger partial charge on any atom is 0.326 e. The van der Waals surface area contributed by atoms with Crippen molar-refractivity contribution in [3.63, 3.8) is 0 Å². The first-order valence-corrected chi connectivity index (χ1v) is 8.23. The lowest BCUT2D eigenvalue weighted by molar-refractivity contribution is -0.142. The molecule has 4 rings (SSSR count). The Hall–Kier alpha value is -2.63. The van der Waals surface area contributed by atoms with E-state index in [9.17, 15) is 14.7 Å². The molecule has 1 aromatic heterocycles. The van der Waals surface area contributed by atoms with Crippen molar-refractivity contribution in [2.75, 3.05) is 0 Å². The van der Waals surface area contributed by atoms with Crippen molar-refractivity contribution in [3.8, 4) is 0 Å². The van der Waals surface area contributed by atoms with Gasteiger partial charge < -0.3 is 14.5 Å². The van der Waals surface area contributed by atoms with E-state index >= 15 is 0 Å². The van der Waals surface area contributed by atoms with Gasteiger partial charge in [-0.2, -0.15) is 0 Å². The van der Waals surface area contributed by atoms with E-state index in [2.05, 4.69) is 5.16 Å². The maximum atomic E-state index is 13.0. The number of amides is 1. The highest BCUT2D eigenvalue weighted by Gasteiger charge is 2.37. The lowest BCUT2D eigenvalue weighted by Crippen LogP contribution is -2.49. The molecule has 0 radical (unpaired) electrons. The zero-order chi connectivity index (χ0) is 16.7. The summed E-state index contributed by atoms with van der Waals surface area (Å²) in [6.07, 6.45) is 3.91. The number of carbonyl (C=O) groups is 2. The zero-order valence-corrected chi connectivity index (χ0v) is 13.2. The van der Waals surface area contributed by atoms with Gasteiger partial charge in [0.2, 0.25) is 0 Å². The number of hydrogen-bond acceptors (Lipinski definition) is 4. The van der Waals surface area contributed by atoms with Gasteiger partial charge in [0.1, 0.15) is 11.8 Å².